The Morgan fingerprint density at radius 3 is 2.62 bits per heavy atom. The van der Waals surface area contributed by atoms with Gasteiger partial charge in [0.1, 0.15) is 5.82 Å². The Balaban J connectivity index is 1.54. The monoisotopic (exact) mass is 398 g/mol. The Labute approximate surface area is 174 Å². The smallest absolute Gasteiger partial charge is 0.318 e. The number of nitrogens with zero attached hydrogens (tertiary/aromatic N) is 5. The normalized spacial score (nSPS) is 17.4. The van der Waals surface area contributed by atoms with Crippen LogP contribution in [0.2, 0.25) is 0 Å². The number of nitrogens with two attached hydrogens (primary N) is 1. The Morgan fingerprint density at radius 2 is 1.90 bits per heavy atom. The molecule has 7 heteroatoms. The standard InChI is InChI=1S/C22H34N6O/c1-3-4-14-29-22-25-20-18(17(16-23)15-19(20)21(24)26-22)8-6-5-7-9-28-12-10-27(2)11-13-28/h3-15H2,1-2H3,(H2,24,25,26). The molecule has 1 saturated heterocycles. The fourth-order valence-electron chi connectivity index (χ4n) is 3.96. The van der Waals surface area contributed by atoms with Crippen molar-refractivity contribution in [3.8, 4) is 12.1 Å². The molecule has 0 amide bonds. The van der Waals surface area contributed by atoms with E-state index in [4.69, 9.17) is 10.5 Å². The zero-order chi connectivity index (χ0) is 20.6. The molecule has 2 heterocycles. The SMILES string of the molecule is CCCCOc1nc(N)c2c(n1)C(CCCCCN1CCN(C)CC1)=C(C#N)C2. The van der Waals surface area contributed by atoms with Gasteiger partial charge in [0.25, 0.3) is 0 Å². The summed E-state index contributed by atoms with van der Waals surface area (Å²) in [5, 5.41) is 9.60. The van der Waals surface area contributed by atoms with Crippen molar-refractivity contribution in [3.63, 3.8) is 0 Å². The number of anilines is 1. The Kier molecular flexibility index (Phi) is 7.84. The fraction of sp³-hybridized carbons (Fsp3) is 0.682. The molecule has 1 aliphatic carbocycles. The van der Waals surface area contributed by atoms with Gasteiger partial charge in [0.05, 0.1) is 18.4 Å². The summed E-state index contributed by atoms with van der Waals surface area (Å²) in [6.07, 6.45) is 6.84. The van der Waals surface area contributed by atoms with E-state index in [9.17, 15) is 5.26 Å². The first kappa shape index (κ1) is 21.5. The molecule has 1 fully saturated rings. The van der Waals surface area contributed by atoms with Gasteiger partial charge in [-0.25, -0.2) is 0 Å². The maximum Gasteiger partial charge on any atom is 0.318 e. The first-order chi connectivity index (χ1) is 14.1. The van der Waals surface area contributed by atoms with Gasteiger partial charge in [-0.15, -0.1) is 0 Å². The van der Waals surface area contributed by atoms with Crippen molar-refractivity contribution < 1.29 is 4.74 Å². The number of ether oxygens (including phenoxy) is 1. The van der Waals surface area contributed by atoms with E-state index in [0.717, 1.165) is 54.5 Å². The molecule has 29 heavy (non-hydrogen) atoms. The third-order valence-electron chi connectivity index (χ3n) is 5.88. The minimum absolute atomic E-state index is 0.335. The van der Waals surface area contributed by atoms with Crippen molar-refractivity contribution in [2.45, 2.75) is 51.9 Å². The summed E-state index contributed by atoms with van der Waals surface area (Å²) in [7, 11) is 2.19. The van der Waals surface area contributed by atoms with Crippen LogP contribution < -0.4 is 10.5 Å². The number of aromatic nitrogens is 2. The predicted molar refractivity (Wildman–Crippen MR) is 115 cm³/mol. The fourth-order valence-corrected chi connectivity index (χ4v) is 3.96. The number of hydrogen-bond donors (Lipinski definition) is 1. The van der Waals surface area contributed by atoms with Crippen molar-refractivity contribution in [3.05, 3.63) is 16.8 Å². The topological polar surface area (TPSA) is 91.3 Å². The maximum absolute atomic E-state index is 9.60. The van der Waals surface area contributed by atoms with Crippen LogP contribution in [-0.4, -0.2) is 66.1 Å². The van der Waals surface area contributed by atoms with Crippen molar-refractivity contribution in [2.75, 3.05) is 52.1 Å². The molecule has 0 saturated carbocycles. The van der Waals surface area contributed by atoms with Crippen molar-refractivity contribution >= 4 is 11.4 Å². The first-order valence-corrected chi connectivity index (χ1v) is 10.9. The number of hydrogen-bond acceptors (Lipinski definition) is 7. The summed E-state index contributed by atoms with van der Waals surface area (Å²) in [6, 6.07) is 2.69. The number of rotatable bonds is 10. The van der Waals surface area contributed by atoms with Gasteiger partial charge in [-0.2, -0.15) is 15.2 Å². The number of nitrogen functional groups attached to an aromatic ring is 1. The summed E-state index contributed by atoms with van der Waals surface area (Å²) in [4.78, 5) is 13.8. The number of unbranched alkanes of at least 4 members (excludes halogenated alkanes) is 3. The first-order valence-electron chi connectivity index (χ1n) is 10.9. The molecule has 158 valence electrons. The molecule has 0 atom stereocenters. The number of nitriles is 1. The molecule has 1 aromatic heterocycles. The van der Waals surface area contributed by atoms with Crippen LogP contribution in [0.1, 0.15) is 56.7 Å². The van der Waals surface area contributed by atoms with Gasteiger partial charge < -0.3 is 20.3 Å². The van der Waals surface area contributed by atoms with Gasteiger partial charge in [0, 0.05) is 43.7 Å². The number of allylic oxidation sites excluding steroid dienone is 2. The van der Waals surface area contributed by atoms with E-state index < -0.39 is 0 Å². The molecule has 2 aliphatic rings. The Hall–Kier alpha value is -2.17. The van der Waals surface area contributed by atoms with Gasteiger partial charge in [-0.3, -0.25) is 0 Å². The van der Waals surface area contributed by atoms with E-state index in [0.29, 0.717) is 24.9 Å². The predicted octanol–water partition coefficient (Wildman–Crippen LogP) is 2.88. The molecule has 0 aromatic carbocycles. The van der Waals surface area contributed by atoms with Gasteiger partial charge >= 0.3 is 6.01 Å². The van der Waals surface area contributed by atoms with Crippen LogP contribution in [0, 0.1) is 11.3 Å². The largest absolute Gasteiger partial charge is 0.463 e. The van der Waals surface area contributed by atoms with Crippen molar-refractivity contribution in [2.24, 2.45) is 0 Å². The zero-order valence-electron chi connectivity index (χ0n) is 17.9. The Bertz CT molecular complexity index is 761. The van der Waals surface area contributed by atoms with Crippen molar-refractivity contribution in [1.29, 1.82) is 5.26 Å². The highest BCUT2D eigenvalue weighted by Crippen LogP contribution is 2.37. The lowest BCUT2D eigenvalue weighted by Crippen LogP contribution is -2.44. The highest BCUT2D eigenvalue weighted by Gasteiger charge is 2.26. The summed E-state index contributed by atoms with van der Waals surface area (Å²) < 4.78 is 5.67. The molecule has 1 aliphatic heterocycles. The molecule has 0 unspecified atom stereocenters. The van der Waals surface area contributed by atoms with Crippen LogP contribution in [0.15, 0.2) is 5.57 Å². The number of fused-ring (bicyclic) bond motifs is 1. The average molecular weight is 399 g/mol. The highest BCUT2D eigenvalue weighted by molar-refractivity contribution is 5.79. The zero-order valence-corrected chi connectivity index (χ0v) is 17.9. The van der Waals surface area contributed by atoms with Crippen LogP contribution in [0.5, 0.6) is 6.01 Å². The van der Waals surface area contributed by atoms with Gasteiger partial charge in [-0.05, 0) is 44.8 Å². The summed E-state index contributed by atoms with van der Waals surface area (Å²) in [6.45, 7) is 8.54. The van der Waals surface area contributed by atoms with Crippen LogP contribution in [-0.2, 0) is 6.42 Å². The third-order valence-corrected chi connectivity index (χ3v) is 5.88. The quantitative estimate of drug-likeness (QED) is 0.606. The molecule has 0 spiro atoms. The lowest BCUT2D eigenvalue weighted by Gasteiger charge is -2.32. The van der Waals surface area contributed by atoms with E-state index >= 15 is 0 Å². The van der Waals surface area contributed by atoms with Crippen LogP contribution in [0.4, 0.5) is 5.82 Å². The lowest BCUT2D eigenvalue weighted by molar-refractivity contribution is 0.152. The van der Waals surface area contributed by atoms with Gasteiger partial charge in [-0.1, -0.05) is 19.8 Å². The molecular weight excluding hydrogens is 364 g/mol. The molecule has 0 radical (unpaired) electrons. The lowest BCUT2D eigenvalue weighted by atomic mass is 10.0. The molecular formula is C22H34N6O. The summed E-state index contributed by atoms with van der Waals surface area (Å²) >= 11 is 0. The third kappa shape index (κ3) is 5.68. The van der Waals surface area contributed by atoms with E-state index in [2.05, 4.69) is 39.8 Å². The van der Waals surface area contributed by atoms with E-state index in [-0.39, 0.29) is 0 Å². The summed E-state index contributed by atoms with van der Waals surface area (Å²) in [5.74, 6) is 0.444. The summed E-state index contributed by atoms with van der Waals surface area (Å²) in [5.41, 5.74) is 9.69. The van der Waals surface area contributed by atoms with Crippen molar-refractivity contribution in [1.82, 2.24) is 19.8 Å². The second kappa shape index (κ2) is 10.6. The van der Waals surface area contributed by atoms with Gasteiger partial charge in [0.2, 0.25) is 0 Å². The number of likely N-dealkylation sites (N-methyl/N-ethyl adjacent to an activating group) is 1. The minimum Gasteiger partial charge on any atom is -0.463 e. The van der Waals surface area contributed by atoms with Crippen LogP contribution >= 0.6 is 0 Å². The molecule has 1 aromatic rings. The molecule has 2 N–H and O–H groups in total. The molecule has 7 nitrogen and oxygen atoms in total. The van der Waals surface area contributed by atoms with E-state index in [1.807, 2.05) is 0 Å². The maximum atomic E-state index is 9.60. The second-order valence-electron chi connectivity index (χ2n) is 8.12. The van der Waals surface area contributed by atoms with Crippen LogP contribution in [0.25, 0.3) is 5.57 Å². The van der Waals surface area contributed by atoms with E-state index in [1.165, 1.54) is 39.1 Å². The molecule has 0 bridgehead atoms. The molecule has 3 rings (SSSR count). The number of piperazine rings is 1. The van der Waals surface area contributed by atoms with Crippen LogP contribution in [0.3, 0.4) is 0 Å². The van der Waals surface area contributed by atoms with E-state index in [1.54, 1.807) is 0 Å². The minimum atomic E-state index is 0.335. The highest BCUT2D eigenvalue weighted by atomic mass is 16.5. The van der Waals surface area contributed by atoms with Gasteiger partial charge in [0.15, 0.2) is 0 Å². The average Bonchev–Trinajstić information content (AvgIpc) is 3.08. The second-order valence-corrected chi connectivity index (χ2v) is 8.12. The Morgan fingerprint density at radius 1 is 1.10 bits per heavy atom.